The smallest absolute Gasteiger partial charge is 0.335 e. The summed E-state index contributed by atoms with van der Waals surface area (Å²) in [6.07, 6.45) is 0. The number of hydrogen-bond donors (Lipinski definition) is 2. The number of halogens is 1. The highest BCUT2D eigenvalue weighted by Gasteiger charge is 2.28. The lowest BCUT2D eigenvalue weighted by Gasteiger charge is -2.19. The second-order valence-corrected chi connectivity index (χ2v) is 5.33. The van der Waals surface area contributed by atoms with Gasteiger partial charge in [0.1, 0.15) is 0 Å². The Morgan fingerprint density at radius 3 is 2.65 bits per heavy atom. The van der Waals surface area contributed by atoms with Crippen LogP contribution in [-0.2, 0) is 16.1 Å². The molecule has 0 amide bonds. The van der Waals surface area contributed by atoms with Gasteiger partial charge < -0.3 is 9.84 Å². The Hall–Kier alpha value is -1.85. The van der Waals surface area contributed by atoms with Gasteiger partial charge in [0.05, 0.1) is 18.0 Å². The molecule has 0 unspecified atom stereocenters. The summed E-state index contributed by atoms with van der Waals surface area (Å²) < 4.78 is 5.35. The van der Waals surface area contributed by atoms with Crippen LogP contribution in [0.25, 0.3) is 11.3 Å². The number of rotatable bonds is 5. The van der Waals surface area contributed by atoms with E-state index >= 15 is 0 Å². The summed E-state index contributed by atoms with van der Waals surface area (Å²) in [6, 6.07) is 9.13. The molecule has 0 spiro atoms. The zero-order valence-corrected chi connectivity index (χ0v) is 11.9. The van der Waals surface area contributed by atoms with Crippen molar-refractivity contribution < 1.29 is 14.6 Å². The zero-order chi connectivity index (χ0) is 14.8. The molecule has 6 heteroatoms. The summed E-state index contributed by atoms with van der Waals surface area (Å²) in [5, 5.41) is 16.6. The van der Waals surface area contributed by atoms with Gasteiger partial charge in [-0.2, -0.15) is 5.10 Å². The van der Waals surface area contributed by atoms with Gasteiger partial charge in [-0.05, 0) is 32.0 Å². The molecular formula is C14H15ClN2O3. The van der Waals surface area contributed by atoms with E-state index in [1.165, 1.54) is 13.8 Å². The van der Waals surface area contributed by atoms with Crippen LogP contribution >= 0.6 is 11.6 Å². The molecule has 0 fully saturated rings. The molecule has 0 bridgehead atoms. The molecule has 20 heavy (non-hydrogen) atoms. The van der Waals surface area contributed by atoms with Gasteiger partial charge in [0, 0.05) is 10.6 Å². The summed E-state index contributed by atoms with van der Waals surface area (Å²) >= 11 is 5.83. The molecule has 106 valence electrons. The summed E-state index contributed by atoms with van der Waals surface area (Å²) in [7, 11) is 0. The largest absolute Gasteiger partial charge is 0.479 e. The van der Waals surface area contributed by atoms with Gasteiger partial charge in [0.15, 0.2) is 5.60 Å². The molecule has 1 aromatic carbocycles. The first-order valence-electron chi connectivity index (χ1n) is 6.06. The van der Waals surface area contributed by atoms with Crippen molar-refractivity contribution in [2.24, 2.45) is 0 Å². The van der Waals surface area contributed by atoms with Crippen LogP contribution in [0, 0.1) is 0 Å². The molecule has 0 atom stereocenters. The summed E-state index contributed by atoms with van der Waals surface area (Å²) in [4.78, 5) is 10.9. The van der Waals surface area contributed by atoms with E-state index in [2.05, 4.69) is 10.2 Å². The van der Waals surface area contributed by atoms with Crippen molar-refractivity contribution in [2.75, 3.05) is 0 Å². The lowest BCUT2D eigenvalue weighted by Crippen LogP contribution is -2.34. The van der Waals surface area contributed by atoms with Crippen molar-refractivity contribution in [1.82, 2.24) is 10.2 Å². The topological polar surface area (TPSA) is 75.2 Å². The quantitative estimate of drug-likeness (QED) is 0.888. The molecule has 2 N–H and O–H groups in total. The molecule has 0 radical (unpaired) electrons. The van der Waals surface area contributed by atoms with Crippen LogP contribution in [0.4, 0.5) is 0 Å². The number of nitrogens with one attached hydrogen (secondary N) is 1. The second kappa shape index (κ2) is 5.64. The SMILES string of the molecule is CC(C)(OCc1cc(-c2ccc(Cl)cc2)n[nH]1)C(=O)O. The van der Waals surface area contributed by atoms with Gasteiger partial charge in [-0.1, -0.05) is 23.7 Å². The Labute approximate surface area is 121 Å². The number of benzene rings is 1. The highest BCUT2D eigenvalue weighted by atomic mass is 35.5. The summed E-state index contributed by atoms with van der Waals surface area (Å²) in [5.74, 6) is -1.00. The van der Waals surface area contributed by atoms with Crippen molar-refractivity contribution >= 4 is 17.6 Å². The highest BCUT2D eigenvalue weighted by molar-refractivity contribution is 6.30. The third-order valence-electron chi connectivity index (χ3n) is 2.87. The zero-order valence-electron chi connectivity index (χ0n) is 11.2. The molecule has 2 aromatic rings. The average Bonchev–Trinajstić information content (AvgIpc) is 2.86. The van der Waals surface area contributed by atoms with E-state index in [0.29, 0.717) is 10.7 Å². The Bertz CT molecular complexity index is 605. The van der Waals surface area contributed by atoms with Crippen molar-refractivity contribution in [3.05, 3.63) is 41.0 Å². The van der Waals surface area contributed by atoms with Crippen LogP contribution in [0.15, 0.2) is 30.3 Å². The fourth-order valence-electron chi connectivity index (χ4n) is 1.52. The molecule has 1 heterocycles. The fraction of sp³-hybridized carbons (Fsp3) is 0.286. The molecule has 0 saturated carbocycles. The number of carboxylic acid groups (broad SMARTS) is 1. The minimum atomic E-state index is -1.23. The van der Waals surface area contributed by atoms with Crippen molar-refractivity contribution in [3.63, 3.8) is 0 Å². The predicted octanol–water partition coefficient (Wildman–Crippen LogP) is 3.11. The normalized spacial score (nSPS) is 11.6. The van der Waals surface area contributed by atoms with Crippen molar-refractivity contribution in [1.29, 1.82) is 0 Å². The average molecular weight is 295 g/mol. The van der Waals surface area contributed by atoms with Crippen LogP contribution in [0.5, 0.6) is 0 Å². The molecular weight excluding hydrogens is 280 g/mol. The number of carbonyl (C=O) groups is 1. The minimum absolute atomic E-state index is 0.153. The molecule has 0 aliphatic rings. The van der Waals surface area contributed by atoms with Gasteiger partial charge >= 0.3 is 5.97 Å². The maximum atomic E-state index is 10.9. The summed E-state index contributed by atoms with van der Waals surface area (Å²) in [6.45, 7) is 3.16. The monoisotopic (exact) mass is 294 g/mol. The summed E-state index contributed by atoms with van der Waals surface area (Å²) in [5.41, 5.74) is 1.16. The van der Waals surface area contributed by atoms with Crippen LogP contribution < -0.4 is 0 Å². The maximum Gasteiger partial charge on any atom is 0.335 e. The number of nitrogens with zero attached hydrogens (tertiary/aromatic N) is 1. The van der Waals surface area contributed by atoms with Gasteiger partial charge in [-0.15, -0.1) is 0 Å². The van der Waals surface area contributed by atoms with E-state index in [-0.39, 0.29) is 6.61 Å². The van der Waals surface area contributed by atoms with Crippen molar-refractivity contribution in [2.45, 2.75) is 26.1 Å². The first-order valence-corrected chi connectivity index (χ1v) is 6.44. The molecule has 2 rings (SSSR count). The van der Waals surface area contributed by atoms with E-state index in [1.807, 2.05) is 18.2 Å². The van der Waals surface area contributed by atoms with Crippen LogP contribution in [0.1, 0.15) is 19.5 Å². The number of carboxylic acids is 1. The Morgan fingerprint density at radius 1 is 1.40 bits per heavy atom. The third kappa shape index (κ3) is 3.37. The Balaban J connectivity index is 2.06. The van der Waals surface area contributed by atoms with E-state index in [9.17, 15) is 4.79 Å². The molecule has 5 nitrogen and oxygen atoms in total. The number of ether oxygens (including phenoxy) is 1. The molecule has 1 aromatic heterocycles. The predicted molar refractivity (Wildman–Crippen MR) is 75.5 cm³/mol. The van der Waals surface area contributed by atoms with E-state index in [1.54, 1.807) is 12.1 Å². The highest BCUT2D eigenvalue weighted by Crippen LogP contribution is 2.21. The Morgan fingerprint density at radius 2 is 2.05 bits per heavy atom. The maximum absolute atomic E-state index is 10.9. The molecule has 0 aliphatic heterocycles. The van der Waals surface area contributed by atoms with E-state index < -0.39 is 11.6 Å². The van der Waals surface area contributed by atoms with Gasteiger partial charge in [-0.25, -0.2) is 4.79 Å². The third-order valence-corrected chi connectivity index (χ3v) is 3.13. The van der Waals surface area contributed by atoms with E-state index in [4.69, 9.17) is 21.4 Å². The lowest BCUT2D eigenvalue weighted by molar-refractivity contribution is -0.162. The first-order chi connectivity index (χ1) is 9.38. The van der Waals surface area contributed by atoms with Crippen LogP contribution in [0.3, 0.4) is 0 Å². The first kappa shape index (κ1) is 14.6. The van der Waals surface area contributed by atoms with E-state index in [0.717, 1.165) is 11.3 Å². The number of H-pyrrole nitrogens is 1. The lowest BCUT2D eigenvalue weighted by atomic mass is 10.1. The van der Waals surface area contributed by atoms with Gasteiger partial charge in [0.2, 0.25) is 0 Å². The Kier molecular flexibility index (Phi) is 4.11. The standard InChI is InChI=1S/C14H15ClN2O3/c1-14(2,13(18)19)20-8-11-7-12(17-16-11)9-3-5-10(15)6-4-9/h3-7H,8H2,1-2H3,(H,16,17)(H,18,19). The molecule has 0 saturated heterocycles. The van der Waals surface area contributed by atoms with Crippen LogP contribution in [-0.4, -0.2) is 26.9 Å². The number of aromatic nitrogens is 2. The number of aromatic amines is 1. The van der Waals surface area contributed by atoms with Crippen molar-refractivity contribution in [3.8, 4) is 11.3 Å². The number of hydrogen-bond acceptors (Lipinski definition) is 3. The molecule has 0 aliphatic carbocycles. The fourth-order valence-corrected chi connectivity index (χ4v) is 1.65. The second-order valence-electron chi connectivity index (χ2n) is 4.89. The number of aliphatic carboxylic acids is 1. The minimum Gasteiger partial charge on any atom is -0.479 e. The van der Waals surface area contributed by atoms with Gasteiger partial charge in [0.25, 0.3) is 0 Å². The van der Waals surface area contributed by atoms with Gasteiger partial charge in [-0.3, -0.25) is 5.10 Å². The van der Waals surface area contributed by atoms with Crippen LogP contribution in [0.2, 0.25) is 5.02 Å².